The van der Waals surface area contributed by atoms with Crippen LogP contribution in [0, 0.1) is 0 Å². The summed E-state index contributed by atoms with van der Waals surface area (Å²) in [6.07, 6.45) is 0.393. The van der Waals surface area contributed by atoms with Gasteiger partial charge in [0.2, 0.25) is 15.9 Å². The van der Waals surface area contributed by atoms with Crippen LogP contribution in [-0.2, 0) is 21.2 Å². The van der Waals surface area contributed by atoms with Gasteiger partial charge in [-0.1, -0.05) is 0 Å². The molecular weight excluding hydrogens is 406 g/mol. The van der Waals surface area contributed by atoms with Crippen LogP contribution < -0.4 is 10.2 Å². The smallest absolute Gasteiger partial charge is 0.251 e. The second-order valence-electron chi connectivity index (χ2n) is 7.21. The van der Waals surface area contributed by atoms with Gasteiger partial charge in [-0.15, -0.1) is 0 Å². The zero-order chi connectivity index (χ0) is 22.1. The quantitative estimate of drug-likeness (QED) is 0.671. The number of ketones is 1. The predicted molar refractivity (Wildman–Crippen MR) is 112 cm³/mol. The zero-order valence-electron chi connectivity index (χ0n) is 17.0. The van der Waals surface area contributed by atoms with E-state index in [1.807, 2.05) is 0 Å². The Morgan fingerprint density at radius 1 is 1.07 bits per heavy atom. The number of Topliss-reactive ketones (excluding diaryl/α,β-unsaturated/α-hetero) is 1. The molecule has 0 fully saturated rings. The summed E-state index contributed by atoms with van der Waals surface area (Å²) >= 11 is 0. The van der Waals surface area contributed by atoms with Crippen molar-refractivity contribution in [1.82, 2.24) is 9.62 Å². The number of fused-ring (bicyclic) bond motifs is 1. The molecule has 2 amide bonds. The molecular formula is C21H23N3O5S. The maximum Gasteiger partial charge on any atom is 0.251 e. The normalized spacial score (nSPS) is 13.5. The number of anilines is 1. The van der Waals surface area contributed by atoms with Crippen LogP contribution in [0.5, 0.6) is 0 Å². The molecule has 1 aliphatic heterocycles. The topological polar surface area (TPSA) is 104 Å². The third-order valence-electron chi connectivity index (χ3n) is 5.01. The van der Waals surface area contributed by atoms with Crippen LogP contribution in [0.4, 0.5) is 5.69 Å². The summed E-state index contributed by atoms with van der Waals surface area (Å²) in [6, 6.07) is 10.8. The Balaban J connectivity index is 1.57. The number of likely N-dealkylation sites (N-methyl/N-ethyl adjacent to an activating group) is 1. The number of amides is 2. The molecule has 0 aliphatic carbocycles. The molecule has 158 valence electrons. The van der Waals surface area contributed by atoms with Gasteiger partial charge >= 0.3 is 0 Å². The van der Waals surface area contributed by atoms with Crippen LogP contribution in [0.3, 0.4) is 0 Å². The van der Waals surface area contributed by atoms with Crippen LogP contribution in [0.1, 0.15) is 32.7 Å². The Hall–Kier alpha value is -3.04. The third kappa shape index (κ3) is 4.27. The molecule has 30 heavy (non-hydrogen) atoms. The summed E-state index contributed by atoms with van der Waals surface area (Å²) in [5, 5.41) is 2.67. The van der Waals surface area contributed by atoms with Crippen molar-refractivity contribution >= 4 is 33.3 Å². The van der Waals surface area contributed by atoms with Gasteiger partial charge in [-0.3, -0.25) is 14.4 Å². The molecule has 1 N–H and O–H groups in total. The number of rotatable bonds is 7. The average molecular weight is 429 g/mol. The van der Waals surface area contributed by atoms with Crippen molar-refractivity contribution in [3.63, 3.8) is 0 Å². The molecule has 0 atom stereocenters. The SMILES string of the molecule is CN1C(=O)Cc2cc(C(=O)CCNC(=O)c3ccc(S(=O)(=O)N(C)C)cc3)ccc21. The van der Waals surface area contributed by atoms with E-state index in [1.165, 1.54) is 38.4 Å². The van der Waals surface area contributed by atoms with E-state index in [2.05, 4.69) is 5.32 Å². The summed E-state index contributed by atoms with van der Waals surface area (Å²) < 4.78 is 25.2. The second kappa shape index (κ2) is 8.37. The Bertz CT molecular complexity index is 1110. The highest BCUT2D eigenvalue weighted by Crippen LogP contribution is 2.28. The molecule has 1 heterocycles. The molecule has 0 unspecified atom stereocenters. The van der Waals surface area contributed by atoms with Gasteiger partial charge in [0.15, 0.2) is 5.78 Å². The van der Waals surface area contributed by atoms with Gasteiger partial charge in [-0.2, -0.15) is 0 Å². The van der Waals surface area contributed by atoms with Crippen molar-refractivity contribution in [2.24, 2.45) is 0 Å². The lowest BCUT2D eigenvalue weighted by atomic mass is 10.0. The van der Waals surface area contributed by atoms with Gasteiger partial charge in [-0.25, -0.2) is 12.7 Å². The van der Waals surface area contributed by atoms with Crippen LogP contribution in [0.15, 0.2) is 47.4 Å². The fourth-order valence-electron chi connectivity index (χ4n) is 3.17. The van der Waals surface area contributed by atoms with E-state index >= 15 is 0 Å². The summed E-state index contributed by atoms with van der Waals surface area (Å²) in [7, 11) is 1.01. The number of hydrogen-bond acceptors (Lipinski definition) is 5. The maximum absolute atomic E-state index is 12.4. The van der Waals surface area contributed by atoms with Crippen LogP contribution in [-0.4, -0.2) is 58.0 Å². The number of sulfonamides is 1. The van der Waals surface area contributed by atoms with E-state index in [9.17, 15) is 22.8 Å². The Kier molecular flexibility index (Phi) is 6.04. The molecule has 2 aromatic carbocycles. The monoisotopic (exact) mass is 429 g/mol. The van der Waals surface area contributed by atoms with E-state index in [0.717, 1.165) is 15.6 Å². The highest BCUT2D eigenvalue weighted by Gasteiger charge is 2.24. The van der Waals surface area contributed by atoms with Crippen molar-refractivity contribution in [3.05, 3.63) is 59.2 Å². The van der Waals surface area contributed by atoms with Crippen molar-refractivity contribution in [2.75, 3.05) is 32.6 Å². The van der Waals surface area contributed by atoms with E-state index in [0.29, 0.717) is 11.1 Å². The lowest BCUT2D eigenvalue weighted by molar-refractivity contribution is -0.117. The van der Waals surface area contributed by atoms with Gasteiger partial charge in [0.25, 0.3) is 5.91 Å². The molecule has 1 aliphatic rings. The molecule has 0 aromatic heterocycles. The van der Waals surface area contributed by atoms with Gasteiger partial charge in [0.1, 0.15) is 0 Å². The number of nitrogens with zero attached hydrogens (tertiary/aromatic N) is 2. The number of carbonyl (C=O) groups is 3. The van der Waals surface area contributed by atoms with Crippen molar-refractivity contribution in [1.29, 1.82) is 0 Å². The molecule has 0 saturated heterocycles. The fraction of sp³-hybridized carbons (Fsp3) is 0.286. The summed E-state index contributed by atoms with van der Waals surface area (Å²) in [5.74, 6) is -0.531. The van der Waals surface area contributed by atoms with Crippen molar-refractivity contribution in [2.45, 2.75) is 17.7 Å². The summed E-state index contributed by atoms with van der Waals surface area (Å²) in [4.78, 5) is 38.1. The first-order valence-electron chi connectivity index (χ1n) is 9.34. The highest BCUT2D eigenvalue weighted by molar-refractivity contribution is 7.89. The Labute approximate surface area is 175 Å². The van der Waals surface area contributed by atoms with Crippen LogP contribution >= 0.6 is 0 Å². The largest absolute Gasteiger partial charge is 0.352 e. The van der Waals surface area contributed by atoms with Gasteiger partial charge < -0.3 is 10.2 Å². The van der Waals surface area contributed by atoms with E-state index < -0.39 is 15.9 Å². The van der Waals surface area contributed by atoms with Crippen LogP contribution in [0.2, 0.25) is 0 Å². The third-order valence-corrected chi connectivity index (χ3v) is 6.84. The minimum atomic E-state index is -3.56. The lowest BCUT2D eigenvalue weighted by Crippen LogP contribution is -2.26. The number of benzene rings is 2. The van der Waals surface area contributed by atoms with Crippen molar-refractivity contribution in [3.8, 4) is 0 Å². The average Bonchev–Trinajstić information content (AvgIpc) is 3.00. The number of hydrogen-bond donors (Lipinski definition) is 1. The first-order chi connectivity index (χ1) is 14.1. The molecule has 0 bridgehead atoms. The standard InChI is InChI=1S/C21H23N3O5S/c1-23(2)30(28,29)17-7-4-14(5-8-17)21(27)22-11-10-19(25)15-6-9-18-16(12-15)13-20(26)24(18)3/h4-9,12H,10-11,13H2,1-3H3,(H,22,27). The number of nitrogens with one attached hydrogen (secondary N) is 1. The zero-order valence-corrected chi connectivity index (χ0v) is 17.8. The Morgan fingerprint density at radius 2 is 1.70 bits per heavy atom. The first-order valence-corrected chi connectivity index (χ1v) is 10.8. The minimum Gasteiger partial charge on any atom is -0.352 e. The molecule has 2 aromatic rings. The van der Waals surface area contributed by atoms with Gasteiger partial charge in [-0.05, 0) is 48.0 Å². The molecule has 8 nitrogen and oxygen atoms in total. The summed E-state index contributed by atoms with van der Waals surface area (Å²) in [6.45, 7) is 0.144. The highest BCUT2D eigenvalue weighted by atomic mass is 32.2. The molecule has 0 radical (unpaired) electrons. The van der Waals surface area contributed by atoms with E-state index in [4.69, 9.17) is 0 Å². The first kappa shape index (κ1) is 21.7. The molecule has 9 heteroatoms. The second-order valence-corrected chi connectivity index (χ2v) is 9.37. The molecule has 3 rings (SSSR count). The molecule has 0 saturated carbocycles. The van der Waals surface area contributed by atoms with Gasteiger partial charge in [0.05, 0.1) is 11.3 Å². The Morgan fingerprint density at radius 3 is 2.33 bits per heavy atom. The lowest BCUT2D eigenvalue weighted by Gasteiger charge is -2.12. The number of carbonyl (C=O) groups excluding carboxylic acids is 3. The maximum atomic E-state index is 12.4. The van der Waals surface area contributed by atoms with Crippen LogP contribution in [0.25, 0.3) is 0 Å². The van der Waals surface area contributed by atoms with Gasteiger partial charge in [0, 0.05) is 50.9 Å². The minimum absolute atomic E-state index is 0.00809. The van der Waals surface area contributed by atoms with E-state index in [-0.39, 0.29) is 36.0 Å². The molecule has 0 spiro atoms. The summed E-state index contributed by atoms with van der Waals surface area (Å²) in [5.41, 5.74) is 2.44. The van der Waals surface area contributed by atoms with Crippen molar-refractivity contribution < 1.29 is 22.8 Å². The predicted octanol–water partition coefficient (Wildman–Crippen LogP) is 1.46. The fourth-order valence-corrected chi connectivity index (χ4v) is 4.07. The van der Waals surface area contributed by atoms with E-state index in [1.54, 1.807) is 30.1 Å².